The lowest BCUT2D eigenvalue weighted by molar-refractivity contribution is -0.384. The van der Waals surface area contributed by atoms with Crippen LogP contribution in [0.15, 0.2) is 48.5 Å². The Balaban J connectivity index is 2.16. The molecule has 128 valence electrons. The first-order valence-electron chi connectivity index (χ1n) is 7.15. The summed E-state index contributed by atoms with van der Waals surface area (Å²) in [6, 6.07) is 12.1. The molecule has 24 heavy (non-hydrogen) atoms. The number of nitro benzene ring substituents is 1. The van der Waals surface area contributed by atoms with E-state index in [0.29, 0.717) is 10.6 Å². The first-order valence-corrected chi connectivity index (χ1v) is 9.14. The van der Waals surface area contributed by atoms with Crippen molar-refractivity contribution in [2.24, 2.45) is 0 Å². The molecule has 0 saturated heterocycles. The number of sulfonamides is 1. The predicted molar refractivity (Wildman–Crippen MR) is 93.4 cm³/mol. The molecular formula is C16H17ClN2O4S. The SMILES string of the molecule is CC(c1ccc(Cl)cc1)N(C)S(=O)(=O)Cc1ccc([N+](=O)[O-])cc1. The van der Waals surface area contributed by atoms with Gasteiger partial charge in [-0.25, -0.2) is 8.42 Å². The topological polar surface area (TPSA) is 80.5 Å². The minimum Gasteiger partial charge on any atom is -0.258 e. The van der Waals surface area contributed by atoms with Gasteiger partial charge in [-0.2, -0.15) is 4.31 Å². The summed E-state index contributed by atoms with van der Waals surface area (Å²) in [6.45, 7) is 1.79. The third-order valence-electron chi connectivity index (χ3n) is 3.83. The molecule has 2 aromatic rings. The van der Waals surface area contributed by atoms with Crippen molar-refractivity contribution in [3.63, 3.8) is 0 Å². The molecular weight excluding hydrogens is 352 g/mol. The Morgan fingerprint density at radius 1 is 1.12 bits per heavy atom. The lowest BCUT2D eigenvalue weighted by atomic mass is 10.1. The van der Waals surface area contributed by atoms with Gasteiger partial charge in [-0.15, -0.1) is 0 Å². The van der Waals surface area contributed by atoms with Crippen molar-refractivity contribution in [3.05, 3.63) is 74.8 Å². The highest BCUT2D eigenvalue weighted by atomic mass is 35.5. The summed E-state index contributed by atoms with van der Waals surface area (Å²) in [5.74, 6) is -0.223. The fraction of sp³-hybridized carbons (Fsp3) is 0.250. The summed E-state index contributed by atoms with van der Waals surface area (Å²) >= 11 is 5.85. The molecule has 0 aliphatic heterocycles. The summed E-state index contributed by atoms with van der Waals surface area (Å²) in [7, 11) is -2.06. The molecule has 0 fully saturated rings. The lowest BCUT2D eigenvalue weighted by Gasteiger charge is -2.24. The largest absolute Gasteiger partial charge is 0.269 e. The zero-order valence-corrected chi connectivity index (χ0v) is 14.8. The summed E-state index contributed by atoms with van der Waals surface area (Å²) in [4.78, 5) is 10.1. The number of halogens is 1. The Morgan fingerprint density at radius 3 is 2.17 bits per heavy atom. The van der Waals surface area contributed by atoms with Crippen molar-refractivity contribution in [1.29, 1.82) is 0 Å². The van der Waals surface area contributed by atoms with E-state index in [1.807, 2.05) is 0 Å². The molecule has 8 heteroatoms. The normalized spacial score (nSPS) is 13.0. The second kappa shape index (κ2) is 7.29. The van der Waals surface area contributed by atoms with Crippen LogP contribution in [-0.4, -0.2) is 24.7 Å². The molecule has 0 saturated carbocycles. The number of hydrogen-bond acceptors (Lipinski definition) is 4. The quantitative estimate of drug-likeness (QED) is 0.574. The van der Waals surface area contributed by atoms with E-state index in [1.165, 1.54) is 35.6 Å². The van der Waals surface area contributed by atoms with E-state index in [2.05, 4.69) is 0 Å². The predicted octanol–water partition coefficient (Wildman–Crippen LogP) is 3.77. The Kier molecular flexibility index (Phi) is 5.58. The average molecular weight is 369 g/mol. The monoisotopic (exact) mass is 368 g/mol. The fourth-order valence-corrected chi connectivity index (χ4v) is 3.77. The fourth-order valence-electron chi connectivity index (χ4n) is 2.22. The standard InChI is InChI=1S/C16H17ClN2O4S/c1-12(14-5-7-15(17)8-6-14)18(2)24(22,23)11-13-3-9-16(10-4-13)19(20)21/h3-10,12H,11H2,1-2H3. The van der Waals surface area contributed by atoms with E-state index in [1.54, 1.807) is 31.2 Å². The van der Waals surface area contributed by atoms with Crippen LogP contribution in [0.3, 0.4) is 0 Å². The minimum absolute atomic E-state index is 0.0703. The van der Waals surface area contributed by atoms with Gasteiger partial charge in [0.15, 0.2) is 0 Å². The molecule has 1 unspecified atom stereocenters. The highest BCUT2D eigenvalue weighted by Gasteiger charge is 2.25. The van der Waals surface area contributed by atoms with Gasteiger partial charge in [-0.3, -0.25) is 10.1 Å². The molecule has 0 aromatic heterocycles. The molecule has 0 bridgehead atoms. The van der Waals surface area contributed by atoms with Crippen LogP contribution >= 0.6 is 11.6 Å². The van der Waals surface area contributed by atoms with Crippen LogP contribution in [0.5, 0.6) is 0 Å². The molecule has 0 aliphatic carbocycles. The minimum atomic E-state index is -3.57. The van der Waals surface area contributed by atoms with Crippen molar-refractivity contribution in [2.75, 3.05) is 7.05 Å². The van der Waals surface area contributed by atoms with Crippen molar-refractivity contribution < 1.29 is 13.3 Å². The zero-order valence-electron chi connectivity index (χ0n) is 13.2. The van der Waals surface area contributed by atoms with Crippen LogP contribution in [0.2, 0.25) is 5.02 Å². The lowest BCUT2D eigenvalue weighted by Crippen LogP contribution is -2.30. The Bertz CT molecular complexity index is 820. The third kappa shape index (κ3) is 4.31. The summed E-state index contributed by atoms with van der Waals surface area (Å²) in [5.41, 5.74) is 1.25. The zero-order chi connectivity index (χ0) is 17.9. The Morgan fingerprint density at radius 2 is 1.67 bits per heavy atom. The van der Waals surface area contributed by atoms with Gasteiger partial charge >= 0.3 is 0 Å². The van der Waals surface area contributed by atoms with Gasteiger partial charge in [-0.05, 0) is 30.2 Å². The van der Waals surface area contributed by atoms with Crippen LogP contribution in [0, 0.1) is 10.1 Å². The highest BCUT2D eigenvalue weighted by molar-refractivity contribution is 7.88. The molecule has 6 nitrogen and oxygen atoms in total. The van der Waals surface area contributed by atoms with Crippen molar-refractivity contribution in [3.8, 4) is 0 Å². The number of rotatable bonds is 6. The molecule has 2 rings (SSSR count). The van der Waals surface area contributed by atoms with Gasteiger partial charge in [0, 0.05) is 30.2 Å². The second-order valence-electron chi connectivity index (χ2n) is 5.42. The maximum atomic E-state index is 12.6. The second-order valence-corrected chi connectivity index (χ2v) is 7.89. The van der Waals surface area contributed by atoms with Gasteiger partial charge in [0.05, 0.1) is 10.7 Å². The molecule has 1 atom stereocenters. The third-order valence-corrected chi connectivity index (χ3v) is 5.98. The average Bonchev–Trinajstić information content (AvgIpc) is 2.54. The first kappa shape index (κ1) is 18.4. The summed E-state index contributed by atoms with van der Waals surface area (Å²) < 4.78 is 26.4. The van der Waals surface area contributed by atoms with Crippen molar-refractivity contribution in [2.45, 2.75) is 18.7 Å². The Labute approximate surface area is 145 Å². The molecule has 0 radical (unpaired) electrons. The molecule has 0 N–H and O–H groups in total. The molecule has 0 aliphatic rings. The van der Waals surface area contributed by atoms with E-state index in [0.717, 1.165) is 5.56 Å². The smallest absolute Gasteiger partial charge is 0.258 e. The molecule has 0 spiro atoms. The number of nitrogens with zero attached hydrogens (tertiary/aromatic N) is 2. The Hall–Kier alpha value is -1.96. The van der Waals surface area contributed by atoms with Crippen LogP contribution < -0.4 is 0 Å². The maximum Gasteiger partial charge on any atom is 0.269 e. The summed E-state index contributed by atoms with van der Waals surface area (Å²) in [5, 5.41) is 11.2. The molecule has 2 aromatic carbocycles. The van der Waals surface area contributed by atoms with Gasteiger partial charge in [0.2, 0.25) is 10.0 Å². The summed E-state index contributed by atoms with van der Waals surface area (Å²) in [6.07, 6.45) is 0. The van der Waals surface area contributed by atoms with Crippen LogP contribution in [0.25, 0.3) is 0 Å². The van der Waals surface area contributed by atoms with Gasteiger partial charge < -0.3 is 0 Å². The first-order chi connectivity index (χ1) is 11.2. The molecule has 0 heterocycles. The van der Waals surface area contributed by atoms with E-state index in [9.17, 15) is 18.5 Å². The van der Waals surface area contributed by atoms with Crippen LogP contribution in [0.1, 0.15) is 24.1 Å². The van der Waals surface area contributed by atoms with Crippen molar-refractivity contribution in [1.82, 2.24) is 4.31 Å². The highest BCUT2D eigenvalue weighted by Crippen LogP contribution is 2.25. The van der Waals surface area contributed by atoms with Crippen LogP contribution in [0.4, 0.5) is 5.69 Å². The van der Waals surface area contributed by atoms with Crippen LogP contribution in [-0.2, 0) is 15.8 Å². The number of benzene rings is 2. The molecule has 0 amide bonds. The van der Waals surface area contributed by atoms with Gasteiger partial charge in [0.25, 0.3) is 5.69 Å². The van der Waals surface area contributed by atoms with E-state index in [-0.39, 0.29) is 17.5 Å². The van der Waals surface area contributed by atoms with Crippen molar-refractivity contribution >= 4 is 27.3 Å². The number of non-ortho nitro benzene ring substituents is 1. The van der Waals surface area contributed by atoms with Gasteiger partial charge in [0.1, 0.15) is 0 Å². The maximum absolute atomic E-state index is 12.6. The van der Waals surface area contributed by atoms with E-state index < -0.39 is 14.9 Å². The number of nitro groups is 1. The van der Waals surface area contributed by atoms with Gasteiger partial charge in [-0.1, -0.05) is 35.9 Å². The number of hydrogen-bond donors (Lipinski definition) is 0. The van der Waals surface area contributed by atoms with E-state index >= 15 is 0 Å². The van der Waals surface area contributed by atoms with E-state index in [4.69, 9.17) is 11.6 Å².